The van der Waals surface area contributed by atoms with Gasteiger partial charge >= 0.3 is 6.09 Å². The third-order valence-corrected chi connectivity index (χ3v) is 10.2. The Hall–Kier alpha value is -3.55. The van der Waals surface area contributed by atoms with Gasteiger partial charge in [0.1, 0.15) is 17.5 Å². The lowest BCUT2D eigenvalue weighted by atomic mass is 9.80. The van der Waals surface area contributed by atoms with Crippen molar-refractivity contribution in [3.63, 3.8) is 0 Å². The van der Waals surface area contributed by atoms with E-state index >= 15 is 4.39 Å². The van der Waals surface area contributed by atoms with E-state index in [1.54, 1.807) is 45.0 Å². The SMILES string of the molecule is CCN1CCC(C)(c2nc(-c3cc4c(cc3F)S(=O)(=O)C[C@H](NC(=O)OC(C)(C)C)C(=O)N4Cc3ccc(Cl)cc3)no2)CC1. The van der Waals surface area contributed by atoms with Crippen molar-refractivity contribution in [2.75, 3.05) is 30.3 Å². The van der Waals surface area contributed by atoms with Crippen molar-refractivity contribution < 1.29 is 31.7 Å². The Morgan fingerprint density at radius 1 is 1.20 bits per heavy atom. The summed E-state index contributed by atoms with van der Waals surface area (Å²) in [6.45, 7) is 11.6. The number of benzene rings is 2. The normalized spacial score (nSPS) is 19.9. The van der Waals surface area contributed by atoms with Gasteiger partial charge in [0, 0.05) is 10.4 Å². The Morgan fingerprint density at radius 2 is 1.87 bits per heavy atom. The Kier molecular flexibility index (Phi) is 9.00. The van der Waals surface area contributed by atoms with Crippen LogP contribution >= 0.6 is 11.6 Å². The van der Waals surface area contributed by atoms with E-state index in [2.05, 4.69) is 27.3 Å². The molecule has 0 radical (unpaired) electrons. The van der Waals surface area contributed by atoms with Gasteiger partial charge in [0.15, 0.2) is 9.84 Å². The van der Waals surface area contributed by atoms with E-state index in [-0.39, 0.29) is 23.6 Å². The van der Waals surface area contributed by atoms with Crippen molar-refractivity contribution in [3.8, 4) is 11.4 Å². The number of likely N-dealkylation sites (tertiary alicyclic amines) is 1. The first kappa shape index (κ1) is 32.8. The molecule has 2 aliphatic heterocycles. The first-order valence-electron chi connectivity index (χ1n) is 14.8. The zero-order chi connectivity index (χ0) is 32.7. The molecule has 3 heterocycles. The van der Waals surface area contributed by atoms with E-state index in [4.69, 9.17) is 20.9 Å². The van der Waals surface area contributed by atoms with E-state index in [1.807, 2.05) is 6.92 Å². The molecule has 242 valence electrons. The molecule has 11 nitrogen and oxygen atoms in total. The minimum atomic E-state index is -4.30. The van der Waals surface area contributed by atoms with Gasteiger partial charge < -0.3 is 24.4 Å². The number of anilines is 1. The zero-order valence-corrected chi connectivity index (χ0v) is 27.5. The molecule has 1 N–H and O–H groups in total. The summed E-state index contributed by atoms with van der Waals surface area (Å²) >= 11 is 6.06. The van der Waals surface area contributed by atoms with Gasteiger partial charge in [-0.15, -0.1) is 0 Å². The molecule has 5 rings (SSSR count). The number of rotatable bonds is 6. The molecule has 0 bridgehead atoms. The summed E-state index contributed by atoms with van der Waals surface area (Å²) in [7, 11) is -4.30. The minimum Gasteiger partial charge on any atom is -0.444 e. The van der Waals surface area contributed by atoms with Gasteiger partial charge in [0.25, 0.3) is 5.91 Å². The predicted octanol–water partition coefficient (Wildman–Crippen LogP) is 5.12. The quantitative estimate of drug-likeness (QED) is 0.382. The number of amides is 2. The lowest BCUT2D eigenvalue weighted by molar-refractivity contribution is -0.120. The van der Waals surface area contributed by atoms with Crippen molar-refractivity contribution in [1.29, 1.82) is 0 Å². The summed E-state index contributed by atoms with van der Waals surface area (Å²) in [4.78, 5) is 34.3. The van der Waals surface area contributed by atoms with Crippen LogP contribution in [0, 0.1) is 5.82 Å². The third kappa shape index (κ3) is 7.15. The van der Waals surface area contributed by atoms with Crippen LogP contribution in [0.2, 0.25) is 5.02 Å². The van der Waals surface area contributed by atoms with E-state index < -0.39 is 55.4 Å². The Labute approximate surface area is 267 Å². The summed E-state index contributed by atoms with van der Waals surface area (Å²) in [5.74, 6) is -2.11. The van der Waals surface area contributed by atoms with Crippen molar-refractivity contribution in [1.82, 2.24) is 20.4 Å². The minimum absolute atomic E-state index is 0.0617. The van der Waals surface area contributed by atoms with Gasteiger partial charge in [-0.3, -0.25) is 4.79 Å². The topological polar surface area (TPSA) is 135 Å². The largest absolute Gasteiger partial charge is 0.444 e. The molecule has 1 aromatic heterocycles. The number of nitrogens with one attached hydrogen (secondary N) is 1. The summed E-state index contributed by atoms with van der Waals surface area (Å²) in [6.07, 6.45) is 0.601. The number of nitrogens with zero attached hydrogens (tertiary/aromatic N) is 4. The molecule has 14 heteroatoms. The van der Waals surface area contributed by atoms with Gasteiger partial charge in [0.2, 0.25) is 11.7 Å². The van der Waals surface area contributed by atoms with Crippen LogP contribution in [-0.2, 0) is 31.3 Å². The number of hydrogen-bond donors (Lipinski definition) is 1. The number of alkyl carbamates (subject to hydrolysis) is 1. The van der Waals surface area contributed by atoms with Crippen molar-refractivity contribution in [2.45, 2.75) is 76.0 Å². The summed E-state index contributed by atoms with van der Waals surface area (Å²) in [6, 6.07) is 7.25. The van der Waals surface area contributed by atoms with Crippen molar-refractivity contribution >= 4 is 39.1 Å². The molecule has 0 saturated carbocycles. The maximum absolute atomic E-state index is 15.8. The molecule has 2 aromatic carbocycles. The number of carbonyl (C=O) groups excluding carboxylic acids is 2. The van der Waals surface area contributed by atoms with Gasteiger partial charge in [0.05, 0.1) is 28.4 Å². The Morgan fingerprint density at radius 3 is 2.49 bits per heavy atom. The average molecular weight is 662 g/mol. The lowest BCUT2D eigenvalue weighted by Gasteiger charge is -2.36. The molecular formula is C31H37ClFN5O6S. The van der Waals surface area contributed by atoms with E-state index in [0.29, 0.717) is 16.5 Å². The van der Waals surface area contributed by atoms with E-state index in [0.717, 1.165) is 38.5 Å². The Bertz CT molecular complexity index is 1700. The molecular weight excluding hydrogens is 625 g/mol. The van der Waals surface area contributed by atoms with Crippen LogP contribution in [0.3, 0.4) is 0 Å². The predicted molar refractivity (Wildman–Crippen MR) is 166 cm³/mol. The molecule has 3 aromatic rings. The number of fused-ring (bicyclic) bond motifs is 1. The average Bonchev–Trinajstić information content (AvgIpc) is 3.44. The van der Waals surface area contributed by atoms with Crippen LogP contribution in [0.1, 0.15) is 58.9 Å². The summed E-state index contributed by atoms with van der Waals surface area (Å²) < 4.78 is 54.0. The number of carbonyl (C=O) groups is 2. The summed E-state index contributed by atoms with van der Waals surface area (Å²) in [5, 5.41) is 6.94. The number of ether oxygens (including phenoxy) is 1. The van der Waals surface area contributed by atoms with Crippen LogP contribution in [0.5, 0.6) is 0 Å². The maximum Gasteiger partial charge on any atom is 0.408 e. The number of hydrogen-bond acceptors (Lipinski definition) is 9. The summed E-state index contributed by atoms with van der Waals surface area (Å²) in [5.41, 5.74) is -0.879. The highest BCUT2D eigenvalue weighted by molar-refractivity contribution is 7.91. The molecule has 2 aliphatic rings. The van der Waals surface area contributed by atoms with Gasteiger partial charge in [-0.05, 0) is 83.1 Å². The monoisotopic (exact) mass is 661 g/mol. The fourth-order valence-corrected chi connectivity index (χ4v) is 7.25. The molecule has 45 heavy (non-hydrogen) atoms. The Balaban J connectivity index is 1.57. The second-order valence-electron chi connectivity index (χ2n) is 12.7. The fourth-order valence-electron chi connectivity index (χ4n) is 5.51. The number of sulfone groups is 1. The van der Waals surface area contributed by atoms with Crippen LogP contribution in [-0.4, -0.2) is 72.5 Å². The maximum atomic E-state index is 15.8. The van der Waals surface area contributed by atoms with Crippen molar-refractivity contribution in [2.24, 2.45) is 0 Å². The van der Waals surface area contributed by atoms with Crippen LogP contribution in [0.15, 0.2) is 45.8 Å². The molecule has 1 fully saturated rings. The van der Waals surface area contributed by atoms with Crippen LogP contribution < -0.4 is 10.2 Å². The molecule has 0 aliphatic carbocycles. The van der Waals surface area contributed by atoms with Gasteiger partial charge in [-0.1, -0.05) is 42.7 Å². The lowest BCUT2D eigenvalue weighted by Crippen LogP contribution is -2.51. The molecule has 1 saturated heterocycles. The molecule has 2 amide bonds. The van der Waals surface area contributed by atoms with E-state index in [1.165, 1.54) is 11.0 Å². The highest BCUT2D eigenvalue weighted by Crippen LogP contribution is 2.39. The standard InChI is InChI=1S/C31H37ClFN5O6S/c1-6-37-13-11-31(5,12-14-37)28-35-26(36-44-28)21-15-24-25(16-22(21)33)45(41,42)18-23(34-29(40)43-30(2,3)4)27(39)38(24)17-19-7-9-20(32)10-8-19/h7-10,15-16,23H,6,11-14,17-18H2,1-5H3,(H,34,40)/t23-/m0/s1. The molecule has 1 atom stereocenters. The first-order chi connectivity index (χ1) is 21.1. The number of piperidine rings is 1. The molecule has 0 spiro atoms. The fraction of sp³-hybridized carbons (Fsp3) is 0.484. The van der Waals surface area contributed by atoms with E-state index in [9.17, 15) is 18.0 Å². The van der Waals surface area contributed by atoms with Gasteiger partial charge in [-0.25, -0.2) is 17.6 Å². The van der Waals surface area contributed by atoms with Gasteiger partial charge in [-0.2, -0.15) is 4.98 Å². The number of halogens is 2. The second kappa shape index (κ2) is 12.3. The van der Waals surface area contributed by atoms with Crippen LogP contribution in [0.25, 0.3) is 11.4 Å². The first-order valence-corrected chi connectivity index (χ1v) is 16.8. The van der Waals surface area contributed by atoms with Crippen molar-refractivity contribution in [3.05, 3.63) is 58.7 Å². The number of aromatic nitrogens is 2. The van der Waals surface area contributed by atoms with Crippen LogP contribution in [0.4, 0.5) is 14.9 Å². The third-order valence-electron chi connectivity index (χ3n) is 8.16. The second-order valence-corrected chi connectivity index (χ2v) is 15.2. The highest BCUT2D eigenvalue weighted by Gasteiger charge is 2.41. The smallest absolute Gasteiger partial charge is 0.408 e. The molecule has 0 unspecified atom stereocenters. The zero-order valence-electron chi connectivity index (χ0n) is 25.9. The highest BCUT2D eigenvalue weighted by atomic mass is 35.5.